The predicted molar refractivity (Wildman–Crippen MR) is 78.4 cm³/mol. The molecule has 0 spiro atoms. The first-order valence-corrected chi connectivity index (χ1v) is 7.19. The number of benzene rings is 1. The van der Waals surface area contributed by atoms with Crippen LogP contribution in [0.4, 0.5) is 18.9 Å². The molecule has 0 aliphatic carbocycles. The third kappa shape index (κ3) is 5.62. The van der Waals surface area contributed by atoms with Gasteiger partial charge in [0, 0.05) is 11.8 Å². The number of amides is 2. The number of hydrogen-bond donors (Lipinski definition) is 2. The van der Waals surface area contributed by atoms with Crippen LogP contribution in [0.1, 0.15) is 9.67 Å². The van der Waals surface area contributed by atoms with E-state index in [2.05, 4.69) is 15.4 Å². The molecule has 5 nitrogen and oxygen atoms in total. The lowest BCUT2D eigenvalue weighted by molar-refractivity contribution is -0.274. The Kier molecular flexibility index (Phi) is 5.22. The highest BCUT2D eigenvalue weighted by Gasteiger charge is 2.31. The summed E-state index contributed by atoms with van der Waals surface area (Å²) < 4.78 is 40.1. The molecular weight excluding hydrogens is 333 g/mol. The molecule has 9 heteroatoms. The number of thiophene rings is 1. The fourth-order valence-corrected chi connectivity index (χ4v) is 2.27. The zero-order valence-corrected chi connectivity index (χ0v) is 12.3. The molecule has 1 heterocycles. The molecule has 0 saturated heterocycles. The van der Waals surface area contributed by atoms with Gasteiger partial charge in [0.1, 0.15) is 5.75 Å². The lowest BCUT2D eigenvalue weighted by atomic mass is 10.3. The molecule has 0 saturated carbocycles. The fourth-order valence-electron chi connectivity index (χ4n) is 1.63. The van der Waals surface area contributed by atoms with Gasteiger partial charge in [-0.3, -0.25) is 9.59 Å². The monoisotopic (exact) mass is 344 g/mol. The van der Waals surface area contributed by atoms with Gasteiger partial charge in [-0.25, -0.2) is 0 Å². The Labute approximate surface area is 133 Å². The number of halogens is 3. The van der Waals surface area contributed by atoms with E-state index in [0.717, 1.165) is 12.1 Å². The molecule has 23 heavy (non-hydrogen) atoms. The highest BCUT2D eigenvalue weighted by Crippen LogP contribution is 2.24. The van der Waals surface area contributed by atoms with E-state index in [1.54, 1.807) is 17.5 Å². The average Bonchev–Trinajstić information content (AvgIpc) is 2.97. The Balaban J connectivity index is 1.88. The average molecular weight is 344 g/mol. The standard InChI is InChI=1S/C14H11F3N2O3S/c15-14(16,17)22-10-4-1-3-9(7-10)19-12(20)8-18-13(21)11-5-2-6-23-11/h1-7H,8H2,(H,18,21)(H,19,20). The topological polar surface area (TPSA) is 67.4 Å². The van der Waals surface area contributed by atoms with Crippen LogP contribution in [0.2, 0.25) is 0 Å². The van der Waals surface area contributed by atoms with Crippen molar-refractivity contribution in [3.05, 3.63) is 46.7 Å². The Morgan fingerprint density at radius 2 is 1.96 bits per heavy atom. The number of nitrogens with one attached hydrogen (secondary N) is 2. The Bertz CT molecular complexity index is 687. The number of rotatable bonds is 5. The second-order valence-corrected chi connectivity index (χ2v) is 5.23. The van der Waals surface area contributed by atoms with Gasteiger partial charge < -0.3 is 15.4 Å². The Morgan fingerprint density at radius 1 is 1.17 bits per heavy atom. The third-order valence-electron chi connectivity index (χ3n) is 2.51. The van der Waals surface area contributed by atoms with Crippen LogP contribution in [0, 0.1) is 0 Å². The molecule has 1 aromatic heterocycles. The lowest BCUT2D eigenvalue weighted by Gasteiger charge is -2.11. The number of anilines is 1. The Morgan fingerprint density at radius 3 is 2.61 bits per heavy atom. The molecule has 0 aliphatic rings. The molecule has 2 amide bonds. The second-order valence-electron chi connectivity index (χ2n) is 4.28. The number of ether oxygens (including phenoxy) is 1. The number of carbonyl (C=O) groups excluding carboxylic acids is 2. The Hall–Kier alpha value is -2.55. The van der Waals surface area contributed by atoms with Crippen LogP contribution >= 0.6 is 11.3 Å². The minimum Gasteiger partial charge on any atom is -0.406 e. The predicted octanol–water partition coefficient (Wildman–Crippen LogP) is 3.02. The van der Waals surface area contributed by atoms with Crippen LogP contribution < -0.4 is 15.4 Å². The summed E-state index contributed by atoms with van der Waals surface area (Å²) in [6.07, 6.45) is -4.81. The van der Waals surface area contributed by atoms with E-state index in [9.17, 15) is 22.8 Å². The number of carbonyl (C=O) groups is 2. The van der Waals surface area contributed by atoms with Crippen LogP contribution in [-0.4, -0.2) is 24.7 Å². The second kappa shape index (κ2) is 7.14. The zero-order chi connectivity index (χ0) is 16.9. The first kappa shape index (κ1) is 16.8. The van der Waals surface area contributed by atoms with Crippen molar-refractivity contribution in [1.82, 2.24) is 5.32 Å². The smallest absolute Gasteiger partial charge is 0.406 e. The van der Waals surface area contributed by atoms with Crippen LogP contribution in [0.3, 0.4) is 0 Å². The van der Waals surface area contributed by atoms with Crippen molar-refractivity contribution in [2.45, 2.75) is 6.36 Å². The lowest BCUT2D eigenvalue weighted by Crippen LogP contribution is -2.32. The highest BCUT2D eigenvalue weighted by molar-refractivity contribution is 7.12. The van der Waals surface area contributed by atoms with Crippen LogP contribution in [0.25, 0.3) is 0 Å². The maximum atomic E-state index is 12.1. The third-order valence-corrected chi connectivity index (χ3v) is 3.37. The largest absolute Gasteiger partial charge is 0.573 e. The van der Waals surface area contributed by atoms with E-state index in [-0.39, 0.29) is 12.2 Å². The van der Waals surface area contributed by atoms with Gasteiger partial charge in [-0.1, -0.05) is 12.1 Å². The van der Waals surface area contributed by atoms with Gasteiger partial charge in [0.05, 0.1) is 11.4 Å². The minimum atomic E-state index is -4.81. The van der Waals surface area contributed by atoms with Gasteiger partial charge in [0.15, 0.2) is 0 Å². The molecule has 0 aliphatic heterocycles. The summed E-state index contributed by atoms with van der Waals surface area (Å²) in [5.41, 5.74) is 0.127. The quantitative estimate of drug-likeness (QED) is 0.876. The fraction of sp³-hybridized carbons (Fsp3) is 0.143. The van der Waals surface area contributed by atoms with Crippen molar-refractivity contribution in [2.24, 2.45) is 0 Å². The maximum absolute atomic E-state index is 12.1. The summed E-state index contributed by atoms with van der Waals surface area (Å²) in [4.78, 5) is 23.8. The van der Waals surface area contributed by atoms with Gasteiger partial charge in [-0.05, 0) is 23.6 Å². The van der Waals surface area contributed by atoms with Crippen molar-refractivity contribution in [3.63, 3.8) is 0 Å². The van der Waals surface area contributed by atoms with Crippen LogP contribution in [0.5, 0.6) is 5.75 Å². The van der Waals surface area contributed by atoms with Crippen molar-refractivity contribution >= 4 is 28.8 Å². The van der Waals surface area contributed by atoms with E-state index >= 15 is 0 Å². The summed E-state index contributed by atoms with van der Waals surface area (Å²) in [7, 11) is 0. The van der Waals surface area contributed by atoms with Crippen LogP contribution in [-0.2, 0) is 4.79 Å². The molecule has 0 fully saturated rings. The molecule has 1 aromatic carbocycles. The summed E-state index contributed by atoms with van der Waals surface area (Å²) in [6, 6.07) is 8.17. The minimum absolute atomic E-state index is 0.127. The molecular formula is C14H11F3N2O3S. The molecule has 2 N–H and O–H groups in total. The van der Waals surface area contributed by atoms with Crippen LogP contribution in [0.15, 0.2) is 41.8 Å². The van der Waals surface area contributed by atoms with E-state index < -0.39 is 23.9 Å². The van der Waals surface area contributed by atoms with Crippen molar-refractivity contribution < 1.29 is 27.5 Å². The van der Waals surface area contributed by atoms with Gasteiger partial charge >= 0.3 is 6.36 Å². The van der Waals surface area contributed by atoms with E-state index in [1.165, 1.54) is 23.5 Å². The highest BCUT2D eigenvalue weighted by atomic mass is 32.1. The zero-order valence-electron chi connectivity index (χ0n) is 11.5. The van der Waals surface area contributed by atoms with Crippen molar-refractivity contribution in [3.8, 4) is 5.75 Å². The molecule has 122 valence electrons. The number of hydrogen-bond acceptors (Lipinski definition) is 4. The van der Waals surface area contributed by atoms with Crippen molar-refractivity contribution in [2.75, 3.05) is 11.9 Å². The van der Waals surface area contributed by atoms with Crippen molar-refractivity contribution in [1.29, 1.82) is 0 Å². The molecule has 0 unspecified atom stereocenters. The molecule has 2 aromatic rings. The van der Waals surface area contributed by atoms with E-state index in [4.69, 9.17) is 0 Å². The molecule has 2 rings (SSSR count). The van der Waals surface area contributed by atoms with Gasteiger partial charge in [0.2, 0.25) is 5.91 Å². The van der Waals surface area contributed by atoms with Gasteiger partial charge in [-0.15, -0.1) is 24.5 Å². The van der Waals surface area contributed by atoms with E-state index in [1.807, 2.05) is 0 Å². The van der Waals surface area contributed by atoms with E-state index in [0.29, 0.717) is 4.88 Å². The molecule has 0 radical (unpaired) electrons. The SMILES string of the molecule is O=C(CNC(=O)c1cccs1)Nc1cccc(OC(F)(F)F)c1. The summed E-state index contributed by atoms with van der Waals surface area (Å²) in [6.45, 7) is -0.304. The normalized spacial score (nSPS) is 10.9. The first-order chi connectivity index (χ1) is 10.8. The van der Waals surface area contributed by atoms with Gasteiger partial charge in [0.25, 0.3) is 5.91 Å². The maximum Gasteiger partial charge on any atom is 0.573 e. The van der Waals surface area contributed by atoms with Gasteiger partial charge in [-0.2, -0.15) is 0 Å². The summed E-state index contributed by atoms with van der Waals surface area (Å²) in [5.74, 6) is -1.42. The first-order valence-electron chi connectivity index (χ1n) is 6.31. The number of alkyl halides is 3. The molecule has 0 atom stereocenters. The summed E-state index contributed by atoms with van der Waals surface area (Å²) >= 11 is 1.23. The summed E-state index contributed by atoms with van der Waals surface area (Å²) in [5, 5.41) is 6.50. The molecule has 0 bridgehead atoms.